The van der Waals surface area contributed by atoms with Gasteiger partial charge in [0.15, 0.2) is 0 Å². The number of nitrogens with zero attached hydrogens (tertiary/aromatic N) is 2. The highest BCUT2D eigenvalue weighted by Crippen LogP contribution is 2.15. The monoisotopic (exact) mass is 331 g/mol. The van der Waals surface area contributed by atoms with Crippen molar-refractivity contribution in [2.24, 2.45) is 0 Å². The summed E-state index contributed by atoms with van der Waals surface area (Å²) in [7, 11) is 0. The molecule has 0 saturated carbocycles. The van der Waals surface area contributed by atoms with E-state index in [-0.39, 0.29) is 18.7 Å². The minimum atomic E-state index is -0.259. The maximum absolute atomic E-state index is 11.8. The molecule has 98 valence electrons. The SMILES string of the molecule is C#CCSCCNc1cnn(CCO)c(=O)c1Br. The molecule has 0 aliphatic rings. The second-order valence-electron chi connectivity index (χ2n) is 3.31. The molecule has 0 aromatic carbocycles. The lowest BCUT2D eigenvalue weighted by Crippen LogP contribution is -2.26. The molecule has 0 amide bonds. The van der Waals surface area contributed by atoms with Crippen LogP contribution in [0.4, 0.5) is 5.69 Å². The molecular formula is C11H14BrN3O2S. The number of aliphatic hydroxyl groups is 1. The average molecular weight is 332 g/mol. The predicted octanol–water partition coefficient (Wildman–Crippen LogP) is 0.776. The van der Waals surface area contributed by atoms with Crippen LogP contribution in [0.1, 0.15) is 0 Å². The lowest BCUT2D eigenvalue weighted by atomic mass is 10.4. The molecule has 0 bridgehead atoms. The zero-order chi connectivity index (χ0) is 13.4. The van der Waals surface area contributed by atoms with Gasteiger partial charge >= 0.3 is 0 Å². The van der Waals surface area contributed by atoms with E-state index in [2.05, 4.69) is 32.3 Å². The maximum atomic E-state index is 11.8. The Labute approximate surface area is 118 Å². The van der Waals surface area contributed by atoms with E-state index >= 15 is 0 Å². The van der Waals surface area contributed by atoms with Crippen LogP contribution < -0.4 is 10.9 Å². The number of terminal acetylenes is 1. The van der Waals surface area contributed by atoms with Crippen LogP contribution in [-0.4, -0.2) is 39.5 Å². The molecule has 2 N–H and O–H groups in total. The number of rotatable bonds is 7. The Morgan fingerprint density at radius 3 is 3.11 bits per heavy atom. The Bertz CT molecular complexity index is 484. The molecule has 0 saturated heterocycles. The van der Waals surface area contributed by atoms with Crippen LogP contribution in [-0.2, 0) is 6.54 Å². The molecule has 0 unspecified atom stereocenters. The summed E-state index contributed by atoms with van der Waals surface area (Å²) in [6, 6.07) is 0. The van der Waals surface area contributed by atoms with E-state index in [1.54, 1.807) is 18.0 Å². The van der Waals surface area contributed by atoms with Crippen molar-refractivity contribution in [1.29, 1.82) is 0 Å². The van der Waals surface area contributed by atoms with Crippen LogP contribution in [0, 0.1) is 12.3 Å². The van der Waals surface area contributed by atoms with Gasteiger partial charge in [-0.3, -0.25) is 4.79 Å². The van der Waals surface area contributed by atoms with Crippen molar-refractivity contribution in [2.75, 3.05) is 30.0 Å². The van der Waals surface area contributed by atoms with Crippen molar-refractivity contribution in [1.82, 2.24) is 9.78 Å². The second-order valence-corrected chi connectivity index (χ2v) is 5.21. The van der Waals surface area contributed by atoms with Crippen molar-refractivity contribution in [3.8, 4) is 12.3 Å². The molecule has 0 atom stereocenters. The largest absolute Gasteiger partial charge is 0.394 e. The Hall–Kier alpha value is -0.970. The van der Waals surface area contributed by atoms with Crippen molar-refractivity contribution >= 4 is 33.4 Å². The first-order valence-corrected chi connectivity index (χ1v) is 7.27. The van der Waals surface area contributed by atoms with Crippen LogP contribution in [0.15, 0.2) is 15.5 Å². The number of aliphatic hydroxyl groups excluding tert-OH is 1. The van der Waals surface area contributed by atoms with Crippen LogP contribution in [0.5, 0.6) is 0 Å². The fourth-order valence-electron chi connectivity index (χ4n) is 1.23. The highest BCUT2D eigenvalue weighted by atomic mass is 79.9. The van der Waals surface area contributed by atoms with E-state index in [0.717, 1.165) is 5.75 Å². The molecule has 18 heavy (non-hydrogen) atoms. The van der Waals surface area contributed by atoms with Gasteiger partial charge in [-0.15, -0.1) is 18.2 Å². The lowest BCUT2D eigenvalue weighted by Gasteiger charge is -2.09. The van der Waals surface area contributed by atoms with Crippen LogP contribution >= 0.6 is 27.7 Å². The van der Waals surface area contributed by atoms with Crippen molar-refractivity contribution < 1.29 is 5.11 Å². The van der Waals surface area contributed by atoms with Gasteiger partial charge in [0.2, 0.25) is 0 Å². The molecule has 1 heterocycles. The van der Waals surface area contributed by atoms with E-state index in [0.29, 0.717) is 22.5 Å². The van der Waals surface area contributed by atoms with Gasteiger partial charge in [-0.05, 0) is 15.9 Å². The number of hydrogen-bond donors (Lipinski definition) is 2. The molecule has 1 rings (SSSR count). The van der Waals surface area contributed by atoms with Gasteiger partial charge in [0.05, 0.1) is 30.8 Å². The van der Waals surface area contributed by atoms with E-state index in [4.69, 9.17) is 11.5 Å². The van der Waals surface area contributed by atoms with Gasteiger partial charge in [0, 0.05) is 12.3 Å². The van der Waals surface area contributed by atoms with E-state index in [1.165, 1.54) is 4.68 Å². The van der Waals surface area contributed by atoms with Crippen LogP contribution in [0.25, 0.3) is 0 Å². The smallest absolute Gasteiger partial charge is 0.283 e. The second kappa shape index (κ2) is 8.19. The zero-order valence-electron chi connectivity index (χ0n) is 9.73. The Morgan fingerprint density at radius 1 is 1.67 bits per heavy atom. The minimum Gasteiger partial charge on any atom is -0.394 e. The molecule has 1 aromatic rings. The van der Waals surface area contributed by atoms with Crippen LogP contribution in [0.3, 0.4) is 0 Å². The summed E-state index contributed by atoms with van der Waals surface area (Å²) in [5, 5.41) is 15.8. The summed E-state index contributed by atoms with van der Waals surface area (Å²) in [6.07, 6.45) is 6.70. The Morgan fingerprint density at radius 2 is 2.44 bits per heavy atom. The number of anilines is 1. The average Bonchev–Trinajstić information content (AvgIpc) is 2.37. The molecule has 0 aliphatic heterocycles. The number of thioether (sulfide) groups is 1. The fraction of sp³-hybridized carbons (Fsp3) is 0.455. The van der Waals surface area contributed by atoms with Gasteiger partial charge in [0.1, 0.15) is 4.47 Å². The molecule has 0 radical (unpaired) electrons. The fourth-order valence-corrected chi connectivity index (χ4v) is 2.19. The van der Waals surface area contributed by atoms with Gasteiger partial charge < -0.3 is 10.4 Å². The summed E-state index contributed by atoms with van der Waals surface area (Å²) in [4.78, 5) is 11.8. The molecule has 1 aromatic heterocycles. The van der Waals surface area contributed by atoms with E-state index in [1.807, 2.05) is 0 Å². The molecule has 5 nitrogen and oxygen atoms in total. The van der Waals surface area contributed by atoms with Gasteiger partial charge in [-0.25, -0.2) is 4.68 Å². The number of aromatic nitrogens is 2. The van der Waals surface area contributed by atoms with Gasteiger partial charge in [-0.1, -0.05) is 5.92 Å². The zero-order valence-corrected chi connectivity index (χ0v) is 12.1. The molecule has 7 heteroatoms. The van der Waals surface area contributed by atoms with Crippen molar-refractivity contribution in [3.63, 3.8) is 0 Å². The highest BCUT2D eigenvalue weighted by molar-refractivity contribution is 9.10. The van der Waals surface area contributed by atoms with Gasteiger partial charge in [0.25, 0.3) is 5.56 Å². The quantitative estimate of drug-likeness (QED) is 0.570. The van der Waals surface area contributed by atoms with Gasteiger partial charge in [-0.2, -0.15) is 5.10 Å². The van der Waals surface area contributed by atoms with E-state index < -0.39 is 0 Å². The summed E-state index contributed by atoms with van der Waals surface area (Å²) >= 11 is 4.87. The number of nitrogens with one attached hydrogen (secondary N) is 1. The predicted molar refractivity (Wildman–Crippen MR) is 77.9 cm³/mol. The molecule has 0 aliphatic carbocycles. The summed E-state index contributed by atoms with van der Waals surface area (Å²) in [5.41, 5.74) is 0.390. The summed E-state index contributed by atoms with van der Waals surface area (Å²) < 4.78 is 1.63. The lowest BCUT2D eigenvalue weighted by molar-refractivity contribution is 0.266. The standard InChI is InChI=1S/C11H14BrN3O2S/c1-2-6-18-7-3-13-9-8-14-15(4-5-16)11(17)10(9)12/h1,8,13,16H,3-7H2. The third kappa shape index (κ3) is 4.37. The first-order valence-electron chi connectivity index (χ1n) is 5.32. The molecule has 0 spiro atoms. The van der Waals surface area contributed by atoms with Crippen LogP contribution in [0.2, 0.25) is 0 Å². The highest BCUT2D eigenvalue weighted by Gasteiger charge is 2.07. The van der Waals surface area contributed by atoms with E-state index in [9.17, 15) is 4.79 Å². The Balaban J connectivity index is 2.60. The summed E-state index contributed by atoms with van der Waals surface area (Å²) in [6.45, 7) is 0.778. The minimum absolute atomic E-state index is 0.116. The normalized spacial score (nSPS) is 10.1. The topological polar surface area (TPSA) is 67.2 Å². The molecular weight excluding hydrogens is 318 g/mol. The number of halogens is 1. The maximum Gasteiger partial charge on any atom is 0.283 e. The first kappa shape index (κ1) is 15.1. The summed E-state index contributed by atoms with van der Waals surface area (Å²) in [5.74, 6) is 4.08. The van der Waals surface area contributed by atoms with Crippen molar-refractivity contribution in [3.05, 3.63) is 21.0 Å². The first-order chi connectivity index (χ1) is 8.70. The third-order valence-corrected chi connectivity index (χ3v) is 3.67. The van der Waals surface area contributed by atoms with Crippen molar-refractivity contribution in [2.45, 2.75) is 6.54 Å². The molecule has 0 fully saturated rings. The third-order valence-electron chi connectivity index (χ3n) is 2.04. The Kier molecular flexibility index (Phi) is 6.86. The number of hydrogen-bond acceptors (Lipinski definition) is 5.